The molecule has 0 saturated heterocycles. The van der Waals surface area contributed by atoms with E-state index in [4.69, 9.17) is 0 Å². The number of nitrogens with one attached hydrogen (secondary N) is 2. The minimum atomic E-state index is -4.64. The largest absolute Gasteiger partial charge is 0.416 e. The Kier molecular flexibility index (Phi) is 8.13. The number of amides is 1. The van der Waals surface area contributed by atoms with Crippen LogP contribution in [0.4, 0.5) is 30.2 Å². The van der Waals surface area contributed by atoms with Crippen molar-refractivity contribution in [3.05, 3.63) is 83.4 Å². The number of halogens is 3. The molecule has 3 rings (SSSR count). The van der Waals surface area contributed by atoms with E-state index < -0.39 is 43.7 Å². The maximum atomic E-state index is 13.0. The summed E-state index contributed by atoms with van der Waals surface area (Å²) in [5.74, 6) is -0.658. The van der Waals surface area contributed by atoms with Gasteiger partial charge < -0.3 is 5.32 Å². The molecule has 38 heavy (non-hydrogen) atoms. The Bertz CT molecular complexity index is 1560. The van der Waals surface area contributed by atoms with Crippen molar-refractivity contribution in [1.29, 1.82) is 0 Å². The van der Waals surface area contributed by atoms with E-state index in [0.717, 1.165) is 40.4 Å². The van der Waals surface area contributed by atoms with Gasteiger partial charge in [0.25, 0.3) is 10.0 Å². The molecule has 13 heteroatoms. The van der Waals surface area contributed by atoms with Crippen LogP contribution < -0.4 is 14.3 Å². The topological polar surface area (TPSA) is 113 Å². The summed E-state index contributed by atoms with van der Waals surface area (Å²) in [4.78, 5) is 12.7. The summed E-state index contributed by atoms with van der Waals surface area (Å²) in [7, 11) is -8.08. The van der Waals surface area contributed by atoms with E-state index in [2.05, 4.69) is 10.0 Å². The summed E-state index contributed by atoms with van der Waals surface area (Å²) in [6.45, 7) is 4.95. The van der Waals surface area contributed by atoms with Crippen LogP contribution in [0.1, 0.15) is 23.6 Å². The molecule has 0 heterocycles. The molecule has 0 aliphatic heterocycles. The Labute approximate surface area is 219 Å². The van der Waals surface area contributed by atoms with Crippen LogP contribution in [0.3, 0.4) is 0 Å². The van der Waals surface area contributed by atoms with Crippen molar-refractivity contribution in [2.75, 3.05) is 20.6 Å². The fourth-order valence-corrected chi connectivity index (χ4v) is 5.95. The minimum absolute atomic E-state index is 0.189. The van der Waals surface area contributed by atoms with Crippen LogP contribution in [0.15, 0.2) is 71.6 Å². The van der Waals surface area contributed by atoms with Crippen molar-refractivity contribution in [3.63, 3.8) is 0 Å². The van der Waals surface area contributed by atoms with E-state index in [1.165, 1.54) is 25.1 Å². The van der Waals surface area contributed by atoms with Crippen LogP contribution in [0.2, 0.25) is 0 Å². The molecule has 0 saturated carbocycles. The zero-order valence-corrected chi connectivity index (χ0v) is 22.5. The summed E-state index contributed by atoms with van der Waals surface area (Å²) in [6, 6.07) is 12.8. The molecule has 0 aliphatic rings. The third-order valence-corrected chi connectivity index (χ3v) is 8.19. The molecule has 0 fully saturated rings. The first-order valence-electron chi connectivity index (χ1n) is 11.2. The summed E-state index contributed by atoms with van der Waals surface area (Å²) in [5.41, 5.74) is 0.740. The SMILES string of the molecule is Cc1ccc(C)c(N([C@@H](C)C(=O)Nc2ccc(S(=O)(=O)Nc3cccc(C(F)(F)F)c3)cc2)S(C)(=O)=O)c1. The number of sulfonamides is 2. The predicted octanol–water partition coefficient (Wildman–Crippen LogP) is 4.92. The molecule has 0 bridgehead atoms. The molecule has 8 nitrogen and oxygen atoms in total. The highest BCUT2D eigenvalue weighted by atomic mass is 32.2. The fourth-order valence-electron chi connectivity index (χ4n) is 3.68. The zero-order chi connectivity index (χ0) is 28.5. The standard InChI is InChI=1S/C25H26F3N3O5S2/c1-16-8-9-17(2)23(14-16)31(37(4,33)34)18(3)24(32)29-20-10-12-22(13-11-20)38(35,36)30-21-7-5-6-19(15-21)25(26,27)28/h5-15,18,30H,1-4H3,(H,29,32)/t18-/m0/s1. The van der Waals surface area contributed by atoms with Crippen molar-refractivity contribution >= 4 is 43.0 Å². The maximum absolute atomic E-state index is 13.0. The van der Waals surface area contributed by atoms with Gasteiger partial charge in [-0.05, 0) is 80.4 Å². The maximum Gasteiger partial charge on any atom is 0.416 e. The van der Waals surface area contributed by atoms with Crippen molar-refractivity contribution in [1.82, 2.24) is 0 Å². The van der Waals surface area contributed by atoms with Crippen molar-refractivity contribution in [2.45, 2.75) is 37.9 Å². The van der Waals surface area contributed by atoms with Gasteiger partial charge in [-0.15, -0.1) is 0 Å². The van der Waals surface area contributed by atoms with Crippen LogP contribution in [0.25, 0.3) is 0 Å². The van der Waals surface area contributed by atoms with Gasteiger partial charge in [0.1, 0.15) is 6.04 Å². The molecule has 0 spiro atoms. The number of nitrogens with zero attached hydrogens (tertiary/aromatic N) is 1. The lowest BCUT2D eigenvalue weighted by Crippen LogP contribution is -2.45. The van der Waals surface area contributed by atoms with E-state index >= 15 is 0 Å². The van der Waals surface area contributed by atoms with Crippen LogP contribution in [-0.4, -0.2) is 35.0 Å². The van der Waals surface area contributed by atoms with Crippen molar-refractivity contribution < 1.29 is 34.8 Å². The molecule has 2 N–H and O–H groups in total. The van der Waals surface area contributed by atoms with E-state index in [9.17, 15) is 34.8 Å². The number of benzene rings is 3. The van der Waals surface area contributed by atoms with Crippen LogP contribution in [0.5, 0.6) is 0 Å². The highest BCUT2D eigenvalue weighted by Crippen LogP contribution is 2.31. The highest BCUT2D eigenvalue weighted by Gasteiger charge is 2.31. The Morgan fingerprint density at radius 1 is 0.895 bits per heavy atom. The third kappa shape index (κ3) is 6.84. The summed E-state index contributed by atoms with van der Waals surface area (Å²) >= 11 is 0. The lowest BCUT2D eigenvalue weighted by Gasteiger charge is -2.29. The monoisotopic (exact) mass is 569 g/mol. The quantitative estimate of drug-likeness (QED) is 0.400. The second-order valence-corrected chi connectivity index (χ2v) is 12.3. The molecule has 0 aromatic heterocycles. The van der Waals surface area contributed by atoms with E-state index in [1.807, 2.05) is 6.07 Å². The number of hydrogen-bond acceptors (Lipinski definition) is 5. The first kappa shape index (κ1) is 29.0. The third-order valence-electron chi connectivity index (χ3n) is 5.56. The first-order valence-corrected chi connectivity index (χ1v) is 14.5. The van der Waals surface area contributed by atoms with Crippen LogP contribution >= 0.6 is 0 Å². The lowest BCUT2D eigenvalue weighted by molar-refractivity contribution is -0.137. The van der Waals surface area contributed by atoms with E-state index in [-0.39, 0.29) is 16.3 Å². The molecule has 3 aromatic rings. The molecular weight excluding hydrogens is 543 g/mol. The molecule has 204 valence electrons. The predicted molar refractivity (Wildman–Crippen MR) is 140 cm³/mol. The smallest absolute Gasteiger partial charge is 0.324 e. The number of carbonyl (C=O) groups excluding carboxylic acids is 1. The molecule has 0 aliphatic carbocycles. The molecule has 1 amide bonds. The fraction of sp³-hybridized carbons (Fsp3) is 0.240. The molecule has 3 aromatic carbocycles. The normalized spacial score (nSPS) is 13.0. The molecule has 1 atom stereocenters. The second kappa shape index (κ2) is 10.7. The first-order chi connectivity index (χ1) is 17.5. The Morgan fingerprint density at radius 3 is 2.11 bits per heavy atom. The van der Waals surface area contributed by atoms with Crippen LogP contribution in [-0.2, 0) is 31.0 Å². The number of anilines is 3. The number of rotatable bonds is 8. The van der Waals surface area contributed by atoms with Gasteiger partial charge in [0.05, 0.1) is 22.4 Å². The summed E-state index contributed by atoms with van der Waals surface area (Å²) in [6.07, 6.45) is -3.64. The number of carbonyl (C=O) groups is 1. The number of alkyl halides is 3. The Balaban J connectivity index is 1.79. The average molecular weight is 570 g/mol. The average Bonchev–Trinajstić information content (AvgIpc) is 2.80. The summed E-state index contributed by atoms with van der Waals surface area (Å²) < 4.78 is 92.4. The minimum Gasteiger partial charge on any atom is -0.324 e. The molecular formula is C25H26F3N3O5S2. The van der Waals surface area contributed by atoms with Crippen LogP contribution in [0, 0.1) is 13.8 Å². The van der Waals surface area contributed by atoms with Gasteiger partial charge in [-0.2, -0.15) is 13.2 Å². The molecule has 0 unspecified atom stereocenters. The van der Waals surface area contributed by atoms with E-state index in [0.29, 0.717) is 17.3 Å². The number of aryl methyl sites for hydroxylation is 2. The Morgan fingerprint density at radius 2 is 1.53 bits per heavy atom. The van der Waals surface area contributed by atoms with Crippen molar-refractivity contribution in [3.8, 4) is 0 Å². The number of hydrogen-bond donors (Lipinski definition) is 2. The zero-order valence-electron chi connectivity index (χ0n) is 20.9. The lowest BCUT2D eigenvalue weighted by atomic mass is 10.1. The second-order valence-electron chi connectivity index (χ2n) is 8.72. The van der Waals surface area contributed by atoms with Gasteiger partial charge in [-0.25, -0.2) is 16.8 Å². The Hall–Kier alpha value is -3.58. The van der Waals surface area contributed by atoms with Gasteiger partial charge in [0.2, 0.25) is 15.9 Å². The highest BCUT2D eigenvalue weighted by molar-refractivity contribution is 7.92. The van der Waals surface area contributed by atoms with Gasteiger partial charge >= 0.3 is 6.18 Å². The van der Waals surface area contributed by atoms with Gasteiger partial charge in [0.15, 0.2) is 0 Å². The van der Waals surface area contributed by atoms with Gasteiger partial charge in [-0.1, -0.05) is 18.2 Å². The van der Waals surface area contributed by atoms with Crippen molar-refractivity contribution in [2.24, 2.45) is 0 Å². The summed E-state index contributed by atoms with van der Waals surface area (Å²) in [5, 5.41) is 2.57. The molecule has 0 radical (unpaired) electrons. The van der Waals surface area contributed by atoms with E-state index in [1.54, 1.807) is 26.0 Å². The van der Waals surface area contributed by atoms with Gasteiger partial charge in [0, 0.05) is 11.4 Å². The van der Waals surface area contributed by atoms with Gasteiger partial charge in [-0.3, -0.25) is 13.8 Å².